The summed E-state index contributed by atoms with van der Waals surface area (Å²) < 4.78 is 11.0. The fraction of sp³-hybridized carbons (Fsp3) is 0.429. The summed E-state index contributed by atoms with van der Waals surface area (Å²) in [4.78, 5) is 4.64. The maximum absolute atomic E-state index is 5.58. The number of benzene rings is 2. The molecule has 0 aromatic heterocycles. The van der Waals surface area contributed by atoms with Gasteiger partial charge >= 0.3 is 0 Å². The number of para-hydroxylation sites is 1. The van der Waals surface area contributed by atoms with E-state index in [-0.39, 0.29) is 0 Å². The van der Waals surface area contributed by atoms with Crippen LogP contribution in [0.3, 0.4) is 0 Å². The van der Waals surface area contributed by atoms with Gasteiger partial charge in [-0.15, -0.1) is 11.8 Å². The van der Waals surface area contributed by atoms with E-state index in [1.807, 2.05) is 6.07 Å². The number of nitrogens with one attached hydrogen (secondary N) is 2. The minimum Gasteiger partial charge on any atom is -0.493 e. The van der Waals surface area contributed by atoms with Crippen LogP contribution in [-0.4, -0.2) is 46.7 Å². The van der Waals surface area contributed by atoms with Crippen molar-refractivity contribution in [2.45, 2.75) is 18.0 Å². The fourth-order valence-electron chi connectivity index (χ4n) is 3.70. The van der Waals surface area contributed by atoms with Crippen LogP contribution in [0.5, 0.6) is 11.5 Å². The molecule has 1 fully saturated rings. The molecule has 2 aromatic rings. The van der Waals surface area contributed by atoms with Gasteiger partial charge in [-0.3, -0.25) is 0 Å². The summed E-state index contributed by atoms with van der Waals surface area (Å²) in [6.45, 7) is 6.94. The average molecular weight is 375 g/mol. The van der Waals surface area contributed by atoms with E-state index >= 15 is 0 Å². The van der Waals surface area contributed by atoms with Crippen molar-refractivity contribution in [3.8, 4) is 11.5 Å². The van der Waals surface area contributed by atoms with E-state index in [1.54, 1.807) is 35.8 Å². The Bertz CT molecular complexity index is 698. The van der Waals surface area contributed by atoms with Crippen LogP contribution in [0.1, 0.15) is 11.1 Å². The lowest BCUT2D eigenvalue weighted by Gasteiger charge is -2.30. The molecule has 5 heteroatoms. The number of methoxy groups -OCH3 is 2. The van der Waals surface area contributed by atoms with E-state index in [0.717, 1.165) is 24.6 Å². The number of thioether (sulfide) groups is 1. The Labute approximate surface area is 161 Å². The van der Waals surface area contributed by atoms with Crippen molar-refractivity contribution < 1.29 is 19.3 Å². The predicted molar refractivity (Wildman–Crippen MR) is 107 cm³/mol. The Morgan fingerprint density at radius 1 is 0.846 bits per heavy atom. The lowest BCUT2D eigenvalue weighted by molar-refractivity contribution is -1.02. The monoisotopic (exact) mass is 374 g/mol. The second kappa shape index (κ2) is 9.31. The third kappa shape index (κ3) is 4.72. The van der Waals surface area contributed by atoms with Gasteiger partial charge in [0.15, 0.2) is 11.5 Å². The molecule has 1 aliphatic rings. The Hall–Kier alpha value is -1.69. The van der Waals surface area contributed by atoms with Crippen LogP contribution < -0.4 is 19.3 Å². The summed E-state index contributed by atoms with van der Waals surface area (Å²) in [5, 5.41) is 0. The molecular formula is C21H30N2O2S+2. The molecule has 140 valence electrons. The fourth-order valence-corrected chi connectivity index (χ4v) is 4.11. The lowest BCUT2D eigenvalue weighted by atomic mass is 10.1. The molecule has 0 amide bonds. The molecule has 0 radical (unpaired) electrons. The molecule has 2 aromatic carbocycles. The zero-order valence-electron chi connectivity index (χ0n) is 16.0. The molecule has 26 heavy (non-hydrogen) atoms. The molecule has 0 spiro atoms. The molecule has 0 bridgehead atoms. The second-order valence-corrected chi connectivity index (χ2v) is 7.73. The topological polar surface area (TPSA) is 27.3 Å². The van der Waals surface area contributed by atoms with Crippen molar-refractivity contribution in [1.82, 2.24) is 0 Å². The molecule has 0 saturated carbocycles. The highest BCUT2D eigenvalue weighted by Crippen LogP contribution is 2.30. The molecule has 1 heterocycles. The smallest absolute Gasteiger partial charge is 0.169 e. The summed E-state index contributed by atoms with van der Waals surface area (Å²) in [6, 6.07) is 15.2. The minimum atomic E-state index is 0.822. The Morgan fingerprint density at radius 3 is 2.08 bits per heavy atom. The van der Waals surface area contributed by atoms with E-state index in [4.69, 9.17) is 9.47 Å². The van der Waals surface area contributed by atoms with E-state index < -0.39 is 0 Å². The van der Waals surface area contributed by atoms with Crippen molar-refractivity contribution >= 4 is 11.8 Å². The number of quaternary nitrogens is 2. The SMILES string of the molecule is COc1cccc(C[NH+]2CC[NH+](Cc3ccc(SC)cc3)CC2)c1OC. The largest absolute Gasteiger partial charge is 0.493 e. The number of rotatable bonds is 7. The first-order valence-electron chi connectivity index (χ1n) is 9.23. The van der Waals surface area contributed by atoms with E-state index in [9.17, 15) is 0 Å². The Balaban J connectivity index is 1.54. The van der Waals surface area contributed by atoms with E-state index in [1.165, 1.54) is 42.2 Å². The lowest BCUT2D eigenvalue weighted by Crippen LogP contribution is -3.27. The summed E-state index contributed by atoms with van der Waals surface area (Å²) >= 11 is 1.80. The van der Waals surface area contributed by atoms with Crippen LogP contribution in [0.25, 0.3) is 0 Å². The maximum atomic E-state index is 5.58. The van der Waals surface area contributed by atoms with Gasteiger partial charge in [0, 0.05) is 10.5 Å². The van der Waals surface area contributed by atoms with Gasteiger partial charge in [0.2, 0.25) is 0 Å². The number of piperazine rings is 1. The number of hydrogen-bond acceptors (Lipinski definition) is 3. The van der Waals surface area contributed by atoms with Gasteiger partial charge in [0.05, 0.1) is 19.8 Å². The summed E-state index contributed by atoms with van der Waals surface area (Å²) in [6.07, 6.45) is 2.12. The van der Waals surface area contributed by atoms with Gasteiger partial charge in [0.1, 0.15) is 39.3 Å². The molecule has 0 atom stereocenters. The van der Waals surface area contributed by atoms with Gasteiger partial charge in [0.25, 0.3) is 0 Å². The first kappa shape index (κ1) is 19.1. The summed E-state index contributed by atoms with van der Waals surface area (Å²) in [7, 11) is 3.42. The van der Waals surface area contributed by atoms with E-state index in [2.05, 4.69) is 42.7 Å². The maximum Gasteiger partial charge on any atom is 0.169 e. The second-order valence-electron chi connectivity index (χ2n) is 6.85. The number of ether oxygens (including phenoxy) is 2. The summed E-state index contributed by atoms with van der Waals surface area (Å²) in [5.41, 5.74) is 2.67. The molecule has 2 N–H and O–H groups in total. The Kier molecular flexibility index (Phi) is 6.83. The van der Waals surface area contributed by atoms with Crippen LogP contribution in [0.2, 0.25) is 0 Å². The quantitative estimate of drug-likeness (QED) is 0.706. The first-order valence-corrected chi connectivity index (χ1v) is 10.5. The molecule has 4 nitrogen and oxygen atoms in total. The highest BCUT2D eigenvalue weighted by atomic mass is 32.2. The molecular weight excluding hydrogens is 344 g/mol. The van der Waals surface area contributed by atoms with Gasteiger partial charge in [-0.05, 0) is 30.5 Å². The molecule has 0 unspecified atom stereocenters. The molecule has 1 aliphatic heterocycles. The number of hydrogen-bond donors (Lipinski definition) is 2. The zero-order chi connectivity index (χ0) is 18.4. The Morgan fingerprint density at radius 2 is 1.50 bits per heavy atom. The van der Waals surface area contributed by atoms with Crippen LogP contribution in [0, 0.1) is 0 Å². The molecule has 0 aliphatic carbocycles. The van der Waals surface area contributed by atoms with Gasteiger partial charge in [-0.1, -0.05) is 18.2 Å². The van der Waals surface area contributed by atoms with Crippen molar-refractivity contribution in [2.75, 3.05) is 46.7 Å². The highest BCUT2D eigenvalue weighted by molar-refractivity contribution is 7.98. The predicted octanol–water partition coefficient (Wildman–Crippen LogP) is 0.909. The zero-order valence-corrected chi connectivity index (χ0v) is 16.8. The first-order chi connectivity index (χ1) is 12.7. The third-order valence-electron chi connectivity index (χ3n) is 5.20. The van der Waals surface area contributed by atoms with Gasteiger partial charge < -0.3 is 19.3 Å². The third-order valence-corrected chi connectivity index (χ3v) is 5.95. The average Bonchev–Trinajstić information content (AvgIpc) is 2.69. The van der Waals surface area contributed by atoms with Crippen LogP contribution >= 0.6 is 11.8 Å². The highest BCUT2D eigenvalue weighted by Gasteiger charge is 2.24. The minimum absolute atomic E-state index is 0.822. The standard InChI is InChI=1S/C21H28N2O2S/c1-24-20-6-4-5-18(21(20)25-2)16-23-13-11-22(12-14-23)15-17-7-9-19(26-3)10-8-17/h4-10H,11-16H2,1-3H3/p+2. The van der Waals surface area contributed by atoms with Crippen molar-refractivity contribution in [2.24, 2.45) is 0 Å². The van der Waals surface area contributed by atoms with Crippen LogP contribution in [0.4, 0.5) is 0 Å². The molecule has 1 saturated heterocycles. The van der Waals surface area contributed by atoms with E-state index in [0.29, 0.717) is 0 Å². The molecule has 3 rings (SSSR count). The van der Waals surface area contributed by atoms with Gasteiger partial charge in [-0.25, -0.2) is 0 Å². The van der Waals surface area contributed by atoms with Crippen LogP contribution in [0.15, 0.2) is 47.4 Å². The van der Waals surface area contributed by atoms with Crippen molar-refractivity contribution in [3.63, 3.8) is 0 Å². The van der Waals surface area contributed by atoms with Gasteiger partial charge in [-0.2, -0.15) is 0 Å². The summed E-state index contributed by atoms with van der Waals surface area (Å²) in [5.74, 6) is 1.70. The van der Waals surface area contributed by atoms with Crippen LogP contribution in [-0.2, 0) is 13.1 Å². The van der Waals surface area contributed by atoms with Crippen molar-refractivity contribution in [3.05, 3.63) is 53.6 Å². The van der Waals surface area contributed by atoms with Crippen molar-refractivity contribution in [1.29, 1.82) is 0 Å². The normalized spacial score (nSPS) is 20.0.